The van der Waals surface area contributed by atoms with Crippen LogP contribution in [0.25, 0.3) is 0 Å². The highest BCUT2D eigenvalue weighted by molar-refractivity contribution is 9.10. The molecule has 0 fully saturated rings. The summed E-state index contributed by atoms with van der Waals surface area (Å²) in [6, 6.07) is 8.24. The van der Waals surface area contributed by atoms with Crippen LogP contribution in [0.1, 0.15) is 29.6 Å². The van der Waals surface area contributed by atoms with E-state index >= 15 is 0 Å². The highest BCUT2D eigenvalue weighted by Crippen LogP contribution is 2.46. The first-order valence-electron chi connectivity index (χ1n) is 8.16. The van der Waals surface area contributed by atoms with E-state index in [9.17, 15) is 9.18 Å². The highest BCUT2D eigenvalue weighted by atomic mass is 79.9. The van der Waals surface area contributed by atoms with Gasteiger partial charge in [-0.3, -0.25) is 4.79 Å². The SMILES string of the molecule is COC(=O)C[C@@H]1COc2cc3c(cc21)OCC(c1cc(F)cc(Br)c1)O3. The third kappa shape index (κ3) is 3.23. The van der Waals surface area contributed by atoms with E-state index in [1.54, 1.807) is 12.1 Å². The topological polar surface area (TPSA) is 54.0 Å². The Labute approximate surface area is 158 Å². The molecule has 136 valence electrons. The molecular formula is C19H16BrFO5. The normalized spacial score (nSPS) is 20.3. The summed E-state index contributed by atoms with van der Waals surface area (Å²) in [4.78, 5) is 11.6. The van der Waals surface area contributed by atoms with Crippen LogP contribution in [0.5, 0.6) is 17.2 Å². The van der Waals surface area contributed by atoms with Crippen molar-refractivity contribution in [3.05, 3.63) is 51.7 Å². The number of carbonyl (C=O) groups is 1. The average molecular weight is 423 g/mol. The lowest BCUT2D eigenvalue weighted by molar-refractivity contribution is -0.141. The standard InChI is InChI=1S/C19H16BrFO5/c1-23-19(22)4-11-8-24-15-7-17-16(6-14(11)15)25-9-18(26-17)10-2-12(20)5-13(21)3-10/h2-3,5-7,11,18H,4,8-9H2,1H3/t11-,18?/m1/s1. The molecule has 0 aliphatic carbocycles. The Hall–Kier alpha value is -2.28. The number of fused-ring (bicyclic) bond motifs is 2. The van der Waals surface area contributed by atoms with Crippen LogP contribution < -0.4 is 14.2 Å². The number of rotatable bonds is 3. The monoisotopic (exact) mass is 422 g/mol. The highest BCUT2D eigenvalue weighted by Gasteiger charge is 2.32. The van der Waals surface area contributed by atoms with Gasteiger partial charge in [0.1, 0.15) is 18.2 Å². The van der Waals surface area contributed by atoms with Gasteiger partial charge < -0.3 is 18.9 Å². The molecule has 0 amide bonds. The maximum atomic E-state index is 13.7. The van der Waals surface area contributed by atoms with Crippen molar-refractivity contribution in [2.45, 2.75) is 18.4 Å². The van der Waals surface area contributed by atoms with Gasteiger partial charge in [0, 0.05) is 22.0 Å². The minimum absolute atomic E-state index is 0.0664. The number of benzene rings is 2. The molecule has 2 aliphatic heterocycles. The van der Waals surface area contributed by atoms with Crippen LogP contribution in [0.3, 0.4) is 0 Å². The molecule has 0 radical (unpaired) electrons. The second-order valence-corrected chi connectivity index (χ2v) is 7.16. The smallest absolute Gasteiger partial charge is 0.306 e. The van der Waals surface area contributed by atoms with Gasteiger partial charge in [0.2, 0.25) is 0 Å². The Kier molecular flexibility index (Phi) is 4.48. The van der Waals surface area contributed by atoms with Gasteiger partial charge in [0.05, 0.1) is 20.1 Å². The Morgan fingerprint density at radius 1 is 1.15 bits per heavy atom. The van der Waals surface area contributed by atoms with Crippen molar-refractivity contribution < 1.29 is 28.1 Å². The molecule has 2 atom stereocenters. The Balaban J connectivity index is 1.59. The number of hydrogen-bond donors (Lipinski definition) is 0. The summed E-state index contributed by atoms with van der Waals surface area (Å²) in [5, 5.41) is 0. The lowest BCUT2D eigenvalue weighted by atomic mass is 9.97. The molecule has 0 bridgehead atoms. The Morgan fingerprint density at radius 3 is 2.73 bits per heavy atom. The van der Waals surface area contributed by atoms with E-state index < -0.39 is 6.10 Å². The van der Waals surface area contributed by atoms with Gasteiger partial charge in [0.15, 0.2) is 17.6 Å². The van der Waals surface area contributed by atoms with E-state index in [2.05, 4.69) is 15.9 Å². The van der Waals surface area contributed by atoms with Crippen molar-refractivity contribution >= 4 is 21.9 Å². The molecule has 2 aromatic carbocycles. The van der Waals surface area contributed by atoms with E-state index in [1.165, 1.54) is 19.2 Å². The molecule has 4 rings (SSSR count). The van der Waals surface area contributed by atoms with E-state index in [0.29, 0.717) is 33.9 Å². The summed E-state index contributed by atoms with van der Waals surface area (Å²) in [5.41, 5.74) is 1.59. The van der Waals surface area contributed by atoms with Gasteiger partial charge in [-0.15, -0.1) is 0 Å². The molecule has 5 nitrogen and oxygen atoms in total. The van der Waals surface area contributed by atoms with Crippen LogP contribution in [0.15, 0.2) is 34.8 Å². The zero-order valence-electron chi connectivity index (χ0n) is 14.0. The first-order chi connectivity index (χ1) is 12.5. The zero-order chi connectivity index (χ0) is 18.3. The van der Waals surface area contributed by atoms with Crippen molar-refractivity contribution in [1.82, 2.24) is 0 Å². The van der Waals surface area contributed by atoms with Gasteiger partial charge >= 0.3 is 5.97 Å². The maximum absolute atomic E-state index is 13.7. The van der Waals surface area contributed by atoms with Crippen LogP contribution >= 0.6 is 15.9 Å². The van der Waals surface area contributed by atoms with E-state index in [1.807, 2.05) is 6.07 Å². The van der Waals surface area contributed by atoms with E-state index in [4.69, 9.17) is 18.9 Å². The molecule has 0 N–H and O–H groups in total. The van der Waals surface area contributed by atoms with Crippen LogP contribution in [-0.2, 0) is 9.53 Å². The third-order valence-corrected chi connectivity index (χ3v) is 4.97. The lowest BCUT2D eigenvalue weighted by Gasteiger charge is -2.27. The fourth-order valence-electron chi connectivity index (χ4n) is 3.22. The van der Waals surface area contributed by atoms with Crippen LogP contribution in [-0.4, -0.2) is 26.3 Å². The number of ether oxygens (including phenoxy) is 4. The van der Waals surface area contributed by atoms with Crippen molar-refractivity contribution in [2.24, 2.45) is 0 Å². The Bertz CT molecular complexity index is 849. The quantitative estimate of drug-likeness (QED) is 0.695. The fourth-order valence-corrected chi connectivity index (χ4v) is 3.70. The second-order valence-electron chi connectivity index (χ2n) is 6.25. The van der Waals surface area contributed by atoms with Crippen molar-refractivity contribution in [3.63, 3.8) is 0 Å². The van der Waals surface area contributed by atoms with Crippen molar-refractivity contribution in [3.8, 4) is 17.2 Å². The van der Waals surface area contributed by atoms with Gasteiger partial charge in [-0.25, -0.2) is 4.39 Å². The zero-order valence-corrected chi connectivity index (χ0v) is 15.5. The van der Waals surface area contributed by atoms with Crippen LogP contribution in [0.2, 0.25) is 0 Å². The summed E-state index contributed by atoms with van der Waals surface area (Å²) in [6.45, 7) is 0.678. The second kappa shape index (κ2) is 6.79. The first-order valence-corrected chi connectivity index (χ1v) is 8.96. The summed E-state index contributed by atoms with van der Waals surface area (Å²) in [6.07, 6.45) is -0.164. The van der Waals surface area contributed by atoms with E-state index in [-0.39, 0.29) is 30.7 Å². The first kappa shape index (κ1) is 17.1. The number of esters is 1. The molecule has 1 unspecified atom stereocenters. The molecule has 0 saturated carbocycles. The summed E-state index contributed by atoms with van der Waals surface area (Å²) < 4.78 is 36.6. The van der Waals surface area contributed by atoms with Crippen molar-refractivity contribution in [1.29, 1.82) is 0 Å². The number of methoxy groups -OCH3 is 1. The molecule has 26 heavy (non-hydrogen) atoms. The predicted octanol–water partition coefficient (Wildman–Crippen LogP) is 4.14. The summed E-state index contributed by atoms with van der Waals surface area (Å²) in [7, 11) is 1.37. The number of hydrogen-bond acceptors (Lipinski definition) is 5. The maximum Gasteiger partial charge on any atom is 0.306 e. The molecule has 0 aromatic heterocycles. The van der Waals surface area contributed by atoms with Crippen molar-refractivity contribution in [2.75, 3.05) is 20.3 Å². The largest absolute Gasteiger partial charge is 0.492 e. The van der Waals surface area contributed by atoms with Gasteiger partial charge in [0.25, 0.3) is 0 Å². The molecule has 2 aliphatic rings. The van der Waals surface area contributed by atoms with Gasteiger partial charge in [-0.2, -0.15) is 0 Å². The van der Waals surface area contributed by atoms with Gasteiger partial charge in [-0.1, -0.05) is 15.9 Å². The van der Waals surface area contributed by atoms with Crippen LogP contribution in [0.4, 0.5) is 4.39 Å². The minimum Gasteiger partial charge on any atom is -0.492 e. The fraction of sp³-hybridized carbons (Fsp3) is 0.316. The number of halogens is 2. The van der Waals surface area contributed by atoms with Crippen LogP contribution in [0, 0.1) is 5.82 Å². The van der Waals surface area contributed by atoms with E-state index in [0.717, 1.165) is 5.56 Å². The number of carbonyl (C=O) groups excluding carboxylic acids is 1. The molecule has 0 saturated heterocycles. The average Bonchev–Trinajstić information content (AvgIpc) is 3.00. The van der Waals surface area contributed by atoms with Gasteiger partial charge in [-0.05, 0) is 29.8 Å². The molecule has 2 aromatic rings. The third-order valence-electron chi connectivity index (χ3n) is 4.51. The molecule has 0 spiro atoms. The molecular weight excluding hydrogens is 407 g/mol. The summed E-state index contributed by atoms with van der Waals surface area (Å²) >= 11 is 3.29. The minimum atomic E-state index is -0.417. The lowest BCUT2D eigenvalue weighted by Crippen LogP contribution is -2.22. The Morgan fingerprint density at radius 2 is 1.96 bits per heavy atom. The summed E-state index contributed by atoms with van der Waals surface area (Å²) in [5.74, 6) is 1.12. The predicted molar refractivity (Wildman–Crippen MR) is 94.3 cm³/mol. The molecule has 7 heteroatoms. The molecule has 2 heterocycles.